The predicted molar refractivity (Wildman–Crippen MR) is 64.3 cm³/mol. The molecule has 1 atom stereocenters. The van der Waals surface area contributed by atoms with Gasteiger partial charge in [-0.25, -0.2) is 4.79 Å². The molecule has 0 saturated carbocycles. The summed E-state index contributed by atoms with van der Waals surface area (Å²) in [7, 11) is 1.38. The fraction of sp³-hybridized carbons (Fsp3) is 0.462. The smallest absolute Gasteiger partial charge is 0.337 e. The topological polar surface area (TPSA) is 47.6 Å². The van der Waals surface area contributed by atoms with E-state index < -0.39 is 0 Å². The second-order valence-corrected chi connectivity index (χ2v) is 4.19. The van der Waals surface area contributed by atoms with Crippen molar-refractivity contribution >= 4 is 5.97 Å². The summed E-state index contributed by atoms with van der Waals surface area (Å²) in [6, 6.07) is 7.09. The summed E-state index contributed by atoms with van der Waals surface area (Å²) < 4.78 is 10.3. The Kier molecular flexibility index (Phi) is 3.98. The Labute approximate surface area is 101 Å². The lowest BCUT2D eigenvalue weighted by atomic mass is 10.1. The zero-order chi connectivity index (χ0) is 12.1. The maximum absolute atomic E-state index is 11.3. The first-order valence-corrected chi connectivity index (χ1v) is 5.81. The SMILES string of the molecule is COC(=O)c1cccc(OC[C@@H]2CCNC2)c1. The van der Waals surface area contributed by atoms with Gasteiger partial charge in [0.05, 0.1) is 19.3 Å². The number of carbonyl (C=O) groups is 1. The summed E-state index contributed by atoms with van der Waals surface area (Å²) in [5, 5.41) is 3.29. The van der Waals surface area contributed by atoms with Crippen LogP contribution in [0.3, 0.4) is 0 Å². The first-order valence-electron chi connectivity index (χ1n) is 5.81. The molecule has 1 N–H and O–H groups in total. The molecule has 1 aliphatic rings. The standard InChI is InChI=1S/C13H17NO3/c1-16-13(15)11-3-2-4-12(7-11)17-9-10-5-6-14-8-10/h2-4,7,10,14H,5-6,8-9H2,1H3/t10-/m1/s1. The van der Waals surface area contributed by atoms with Crippen LogP contribution in [0.2, 0.25) is 0 Å². The Morgan fingerprint density at radius 1 is 1.53 bits per heavy atom. The minimum absolute atomic E-state index is 0.335. The van der Waals surface area contributed by atoms with Gasteiger partial charge in [0.2, 0.25) is 0 Å². The number of esters is 1. The number of hydrogen-bond donors (Lipinski definition) is 1. The summed E-state index contributed by atoms with van der Waals surface area (Å²) in [4.78, 5) is 11.3. The monoisotopic (exact) mass is 235 g/mol. The van der Waals surface area contributed by atoms with Crippen LogP contribution in [0, 0.1) is 5.92 Å². The van der Waals surface area contributed by atoms with Gasteiger partial charge in [-0.15, -0.1) is 0 Å². The molecule has 1 aliphatic heterocycles. The van der Waals surface area contributed by atoms with Crippen LogP contribution in [0.4, 0.5) is 0 Å². The highest BCUT2D eigenvalue weighted by atomic mass is 16.5. The quantitative estimate of drug-likeness (QED) is 0.803. The highest BCUT2D eigenvalue weighted by Gasteiger charge is 2.15. The normalized spacial score (nSPS) is 19.0. The summed E-state index contributed by atoms with van der Waals surface area (Å²) >= 11 is 0. The zero-order valence-corrected chi connectivity index (χ0v) is 9.94. The van der Waals surface area contributed by atoms with E-state index in [1.165, 1.54) is 7.11 Å². The first kappa shape index (κ1) is 11.9. The Bertz CT molecular complexity index is 386. The van der Waals surface area contributed by atoms with E-state index in [2.05, 4.69) is 10.1 Å². The minimum atomic E-state index is -0.335. The molecule has 92 valence electrons. The summed E-state index contributed by atoms with van der Waals surface area (Å²) in [5.74, 6) is 0.953. The molecular weight excluding hydrogens is 218 g/mol. The van der Waals surface area contributed by atoms with Crippen LogP contribution in [0.1, 0.15) is 16.8 Å². The molecule has 17 heavy (non-hydrogen) atoms. The van der Waals surface area contributed by atoms with E-state index in [0.29, 0.717) is 18.1 Å². The van der Waals surface area contributed by atoms with Crippen molar-refractivity contribution in [2.45, 2.75) is 6.42 Å². The third-order valence-corrected chi connectivity index (χ3v) is 2.90. The number of nitrogens with one attached hydrogen (secondary N) is 1. The van der Waals surface area contributed by atoms with Crippen LogP contribution in [0.25, 0.3) is 0 Å². The van der Waals surface area contributed by atoms with Crippen molar-refractivity contribution in [3.8, 4) is 5.75 Å². The Balaban J connectivity index is 1.93. The van der Waals surface area contributed by atoms with Gasteiger partial charge in [-0.2, -0.15) is 0 Å². The van der Waals surface area contributed by atoms with Gasteiger partial charge in [-0.3, -0.25) is 0 Å². The summed E-state index contributed by atoms with van der Waals surface area (Å²) in [6.45, 7) is 2.77. The third kappa shape index (κ3) is 3.20. The molecular formula is C13H17NO3. The van der Waals surface area contributed by atoms with Crippen molar-refractivity contribution in [1.29, 1.82) is 0 Å². The Morgan fingerprint density at radius 3 is 3.12 bits per heavy atom. The van der Waals surface area contributed by atoms with Crippen LogP contribution in [0.5, 0.6) is 5.75 Å². The van der Waals surface area contributed by atoms with Gasteiger partial charge in [0.25, 0.3) is 0 Å². The van der Waals surface area contributed by atoms with Crippen LogP contribution >= 0.6 is 0 Å². The fourth-order valence-corrected chi connectivity index (χ4v) is 1.90. The fourth-order valence-electron chi connectivity index (χ4n) is 1.90. The molecule has 1 fully saturated rings. The maximum Gasteiger partial charge on any atom is 0.337 e. The van der Waals surface area contributed by atoms with Crippen LogP contribution in [-0.4, -0.2) is 32.8 Å². The van der Waals surface area contributed by atoms with E-state index in [-0.39, 0.29) is 5.97 Å². The number of ether oxygens (including phenoxy) is 2. The molecule has 0 unspecified atom stereocenters. The average Bonchev–Trinajstić information content (AvgIpc) is 2.89. The predicted octanol–water partition coefficient (Wildman–Crippen LogP) is 1.46. The van der Waals surface area contributed by atoms with Gasteiger partial charge >= 0.3 is 5.97 Å². The zero-order valence-electron chi connectivity index (χ0n) is 9.94. The molecule has 0 bridgehead atoms. The summed E-state index contributed by atoms with van der Waals surface area (Å²) in [5.41, 5.74) is 0.523. The van der Waals surface area contributed by atoms with Crippen molar-refractivity contribution in [2.75, 3.05) is 26.8 Å². The molecule has 2 rings (SSSR count). The molecule has 0 aliphatic carbocycles. The average molecular weight is 235 g/mol. The van der Waals surface area contributed by atoms with Crippen molar-refractivity contribution in [3.63, 3.8) is 0 Å². The number of carbonyl (C=O) groups excluding carboxylic acids is 1. The van der Waals surface area contributed by atoms with Gasteiger partial charge in [-0.05, 0) is 31.2 Å². The molecule has 1 saturated heterocycles. The van der Waals surface area contributed by atoms with Crippen LogP contribution in [-0.2, 0) is 4.74 Å². The van der Waals surface area contributed by atoms with Crippen molar-refractivity contribution in [1.82, 2.24) is 5.32 Å². The lowest BCUT2D eigenvalue weighted by molar-refractivity contribution is 0.0600. The molecule has 0 radical (unpaired) electrons. The second kappa shape index (κ2) is 5.68. The number of benzene rings is 1. The number of rotatable bonds is 4. The van der Waals surface area contributed by atoms with Crippen molar-refractivity contribution in [3.05, 3.63) is 29.8 Å². The van der Waals surface area contributed by atoms with Crippen LogP contribution in [0.15, 0.2) is 24.3 Å². The van der Waals surface area contributed by atoms with E-state index in [0.717, 1.165) is 25.3 Å². The number of hydrogen-bond acceptors (Lipinski definition) is 4. The maximum atomic E-state index is 11.3. The summed E-state index contributed by atoms with van der Waals surface area (Å²) in [6.07, 6.45) is 1.15. The first-order chi connectivity index (χ1) is 8.29. The molecule has 0 spiro atoms. The molecule has 4 nitrogen and oxygen atoms in total. The van der Waals surface area contributed by atoms with Gasteiger partial charge in [0.15, 0.2) is 0 Å². The lowest BCUT2D eigenvalue weighted by Crippen LogP contribution is -2.15. The van der Waals surface area contributed by atoms with Crippen LogP contribution < -0.4 is 10.1 Å². The molecule has 1 aromatic carbocycles. The van der Waals surface area contributed by atoms with E-state index in [1.807, 2.05) is 6.07 Å². The van der Waals surface area contributed by atoms with E-state index in [1.54, 1.807) is 18.2 Å². The lowest BCUT2D eigenvalue weighted by Gasteiger charge is -2.11. The third-order valence-electron chi connectivity index (χ3n) is 2.90. The Hall–Kier alpha value is -1.55. The minimum Gasteiger partial charge on any atom is -0.493 e. The van der Waals surface area contributed by atoms with Crippen molar-refractivity contribution < 1.29 is 14.3 Å². The largest absolute Gasteiger partial charge is 0.493 e. The number of methoxy groups -OCH3 is 1. The Morgan fingerprint density at radius 2 is 2.41 bits per heavy atom. The second-order valence-electron chi connectivity index (χ2n) is 4.19. The molecule has 4 heteroatoms. The van der Waals surface area contributed by atoms with E-state index >= 15 is 0 Å². The molecule has 1 heterocycles. The van der Waals surface area contributed by atoms with E-state index in [4.69, 9.17) is 4.74 Å². The molecule has 1 aromatic rings. The van der Waals surface area contributed by atoms with Gasteiger partial charge in [-0.1, -0.05) is 6.07 Å². The highest BCUT2D eigenvalue weighted by molar-refractivity contribution is 5.89. The molecule has 0 aromatic heterocycles. The van der Waals surface area contributed by atoms with Gasteiger partial charge in [0.1, 0.15) is 5.75 Å². The van der Waals surface area contributed by atoms with E-state index in [9.17, 15) is 4.79 Å². The van der Waals surface area contributed by atoms with Gasteiger partial charge in [0, 0.05) is 12.5 Å². The molecule has 0 amide bonds. The van der Waals surface area contributed by atoms with Crippen molar-refractivity contribution in [2.24, 2.45) is 5.92 Å². The highest BCUT2D eigenvalue weighted by Crippen LogP contribution is 2.16. The van der Waals surface area contributed by atoms with Gasteiger partial charge < -0.3 is 14.8 Å².